The van der Waals surface area contributed by atoms with Crippen molar-refractivity contribution in [2.75, 3.05) is 32.2 Å². The van der Waals surface area contributed by atoms with Crippen molar-refractivity contribution in [2.45, 2.75) is 26.3 Å². The molecule has 1 aromatic carbocycles. The van der Waals surface area contributed by atoms with E-state index in [-0.39, 0.29) is 0 Å². The number of nitrogens with zero attached hydrogens (tertiary/aromatic N) is 1. The third kappa shape index (κ3) is 3.72. The molecule has 0 radical (unpaired) electrons. The second-order valence-electron chi connectivity index (χ2n) is 4.59. The minimum absolute atomic E-state index is 0.360. The van der Waals surface area contributed by atoms with E-state index >= 15 is 0 Å². The molecule has 2 N–H and O–H groups in total. The van der Waals surface area contributed by atoms with E-state index < -0.39 is 0 Å². The average Bonchev–Trinajstić information content (AvgIpc) is 2.29. The molecule has 0 amide bonds. The van der Waals surface area contributed by atoms with Gasteiger partial charge in [-0.25, -0.2) is 0 Å². The highest BCUT2D eigenvalue weighted by atomic mass is 16.5. The standard InChI is InChI=1S/C14H24N2O/c1-11-5-6-14(13(9-11)7-8-15)16(3)12(2)10-17-4/h5-6,9,12H,7-8,10,15H2,1-4H3. The van der Waals surface area contributed by atoms with E-state index in [1.807, 2.05) is 0 Å². The summed E-state index contributed by atoms with van der Waals surface area (Å²) in [5, 5.41) is 0. The number of hydrogen-bond donors (Lipinski definition) is 1. The van der Waals surface area contributed by atoms with Gasteiger partial charge in [0.05, 0.1) is 6.61 Å². The predicted molar refractivity (Wildman–Crippen MR) is 73.7 cm³/mol. The zero-order chi connectivity index (χ0) is 12.8. The topological polar surface area (TPSA) is 38.5 Å². The summed E-state index contributed by atoms with van der Waals surface area (Å²) in [6, 6.07) is 6.90. The van der Waals surface area contributed by atoms with Gasteiger partial charge in [-0.1, -0.05) is 17.7 Å². The number of aryl methyl sites for hydroxylation is 1. The van der Waals surface area contributed by atoms with Crippen LogP contribution in [0.4, 0.5) is 5.69 Å². The van der Waals surface area contributed by atoms with Crippen molar-refractivity contribution in [3.05, 3.63) is 29.3 Å². The molecular weight excluding hydrogens is 212 g/mol. The highest BCUT2D eigenvalue weighted by molar-refractivity contribution is 5.55. The molecule has 0 bridgehead atoms. The molecule has 96 valence electrons. The summed E-state index contributed by atoms with van der Waals surface area (Å²) < 4.78 is 5.20. The van der Waals surface area contributed by atoms with Gasteiger partial charge in [-0.15, -0.1) is 0 Å². The number of hydrogen-bond acceptors (Lipinski definition) is 3. The lowest BCUT2D eigenvalue weighted by atomic mass is 10.0. The first kappa shape index (κ1) is 14.0. The molecule has 0 aliphatic heterocycles. The summed E-state index contributed by atoms with van der Waals surface area (Å²) in [5.41, 5.74) is 9.53. The highest BCUT2D eigenvalue weighted by Gasteiger charge is 2.13. The summed E-state index contributed by atoms with van der Waals surface area (Å²) >= 11 is 0. The van der Waals surface area contributed by atoms with Crippen LogP contribution >= 0.6 is 0 Å². The van der Waals surface area contributed by atoms with E-state index in [1.165, 1.54) is 16.8 Å². The molecule has 1 unspecified atom stereocenters. The van der Waals surface area contributed by atoms with E-state index in [4.69, 9.17) is 10.5 Å². The Kier molecular flexibility index (Phi) is 5.45. The monoisotopic (exact) mass is 236 g/mol. The Morgan fingerprint density at radius 2 is 2.12 bits per heavy atom. The molecule has 1 atom stereocenters. The van der Waals surface area contributed by atoms with Gasteiger partial charge in [-0.05, 0) is 38.4 Å². The molecule has 3 nitrogen and oxygen atoms in total. The van der Waals surface area contributed by atoms with Crippen LogP contribution in [0.2, 0.25) is 0 Å². The van der Waals surface area contributed by atoms with E-state index in [9.17, 15) is 0 Å². The van der Waals surface area contributed by atoms with Gasteiger partial charge in [0.2, 0.25) is 0 Å². The summed E-state index contributed by atoms with van der Waals surface area (Å²) in [4.78, 5) is 2.26. The van der Waals surface area contributed by atoms with Crippen LogP contribution in [0.15, 0.2) is 18.2 Å². The molecule has 0 saturated carbocycles. The molecule has 0 fully saturated rings. The SMILES string of the molecule is COCC(C)N(C)c1ccc(C)cc1CCN. The van der Waals surface area contributed by atoms with Crippen LogP contribution in [0.25, 0.3) is 0 Å². The Hall–Kier alpha value is -1.06. The van der Waals surface area contributed by atoms with Gasteiger partial charge in [0.1, 0.15) is 0 Å². The maximum absolute atomic E-state index is 5.67. The Morgan fingerprint density at radius 3 is 2.71 bits per heavy atom. The van der Waals surface area contributed by atoms with E-state index in [2.05, 4.69) is 44.0 Å². The lowest BCUT2D eigenvalue weighted by Gasteiger charge is -2.28. The van der Waals surface area contributed by atoms with Crippen molar-refractivity contribution in [3.63, 3.8) is 0 Å². The molecule has 0 aliphatic carbocycles. The highest BCUT2D eigenvalue weighted by Crippen LogP contribution is 2.23. The first-order chi connectivity index (χ1) is 8.10. The molecule has 0 aliphatic rings. The summed E-state index contributed by atoms with van der Waals surface area (Å²) in [5.74, 6) is 0. The van der Waals surface area contributed by atoms with Crippen LogP contribution in [0.3, 0.4) is 0 Å². The zero-order valence-corrected chi connectivity index (χ0v) is 11.4. The van der Waals surface area contributed by atoms with Crippen molar-refractivity contribution in [3.8, 4) is 0 Å². The molecular formula is C14H24N2O. The fourth-order valence-corrected chi connectivity index (χ4v) is 2.00. The third-order valence-electron chi connectivity index (χ3n) is 3.10. The van der Waals surface area contributed by atoms with Gasteiger partial charge < -0.3 is 15.4 Å². The van der Waals surface area contributed by atoms with Gasteiger partial charge in [-0.2, -0.15) is 0 Å². The van der Waals surface area contributed by atoms with Crippen LogP contribution in [0.1, 0.15) is 18.1 Å². The Bertz CT molecular complexity index is 352. The Morgan fingerprint density at radius 1 is 1.41 bits per heavy atom. The van der Waals surface area contributed by atoms with Gasteiger partial charge in [-0.3, -0.25) is 0 Å². The van der Waals surface area contributed by atoms with Crippen molar-refractivity contribution in [1.82, 2.24) is 0 Å². The van der Waals surface area contributed by atoms with Gasteiger partial charge in [0, 0.05) is 25.9 Å². The summed E-state index contributed by atoms with van der Waals surface area (Å²) in [6.45, 7) is 5.69. The van der Waals surface area contributed by atoms with Crippen molar-refractivity contribution in [1.29, 1.82) is 0 Å². The minimum atomic E-state index is 0.360. The lowest BCUT2D eigenvalue weighted by molar-refractivity contribution is 0.183. The fourth-order valence-electron chi connectivity index (χ4n) is 2.00. The van der Waals surface area contributed by atoms with E-state index in [1.54, 1.807) is 7.11 Å². The quantitative estimate of drug-likeness (QED) is 0.820. The maximum Gasteiger partial charge on any atom is 0.0663 e. The molecule has 17 heavy (non-hydrogen) atoms. The number of nitrogens with two attached hydrogens (primary N) is 1. The number of anilines is 1. The first-order valence-corrected chi connectivity index (χ1v) is 6.11. The normalized spacial score (nSPS) is 12.5. The summed E-state index contributed by atoms with van der Waals surface area (Å²) in [7, 11) is 3.84. The number of ether oxygens (including phenoxy) is 1. The molecule has 1 rings (SSSR count). The van der Waals surface area contributed by atoms with Crippen LogP contribution < -0.4 is 10.6 Å². The Balaban J connectivity index is 2.94. The molecule has 0 spiro atoms. The van der Waals surface area contributed by atoms with Crippen molar-refractivity contribution in [2.24, 2.45) is 5.73 Å². The van der Waals surface area contributed by atoms with Crippen molar-refractivity contribution < 1.29 is 4.74 Å². The van der Waals surface area contributed by atoms with Gasteiger partial charge in [0.15, 0.2) is 0 Å². The van der Waals surface area contributed by atoms with Gasteiger partial charge in [0.25, 0.3) is 0 Å². The predicted octanol–water partition coefficient (Wildman–Crippen LogP) is 1.97. The maximum atomic E-state index is 5.67. The second kappa shape index (κ2) is 6.62. The largest absolute Gasteiger partial charge is 0.383 e. The first-order valence-electron chi connectivity index (χ1n) is 6.11. The number of rotatable bonds is 6. The van der Waals surface area contributed by atoms with E-state index in [0.29, 0.717) is 12.6 Å². The lowest BCUT2D eigenvalue weighted by Crippen LogP contribution is -2.33. The molecule has 0 heterocycles. The molecule has 1 aromatic rings. The van der Waals surface area contributed by atoms with Crippen LogP contribution in [-0.2, 0) is 11.2 Å². The van der Waals surface area contributed by atoms with Crippen LogP contribution in [0, 0.1) is 6.92 Å². The second-order valence-corrected chi connectivity index (χ2v) is 4.59. The molecule has 0 saturated heterocycles. The smallest absolute Gasteiger partial charge is 0.0663 e. The molecule has 3 heteroatoms. The van der Waals surface area contributed by atoms with Crippen LogP contribution in [0.5, 0.6) is 0 Å². The number of methoxy groups -OCH3 is 1. The van der Waals surface area contributed by atoms with E-state index in [0.717, 1.165) is 13.0 Å². The number of likely N-dealkylation sites (N-methyl/N-ethyl adjacent to an activating group) is 1. The van der Waals surface area contributed by atoms with Gasteiger partial charge >= 0.3 is 0 Å². The summed E-state index contributed by atoms with van der Waals surface area (Å²) in [6.07, 6.45) is 0.918. The Labute approximate surface area is 105 Å². The average molecular weight is 236 g/mol. The van der Waals surface area contributed by atoms with Crippen LogP contribution in [-0.4, -0.2) is 33.4 Å². The molecule has 0 aromatic heterocycles. The zero-order valence-electron chi connectivity index (χ0n) is 11.4. The minimum Gasteiger partial charge on any atom is -0.383 e. The fraction of sp³-hybridized carbons (Fsp3) is 0.571. The van der Waals surface area contributed by atoms with Crippen molar-refractivity contribution >= 4 is 5.69 Å². The number of benzene rings is 1. The third-order valence-corrected chi connectivity index (χ3v) is 3.10.